The molecule has 1 aliphatic heterocycles. The number of hydrogen-bond acceptors (Lipinski definition) is 4. The summed E-state index contributed by atoms with van der Waals surface area (Å²) in [5.41, 5.74) is 1.24. The zero-order valence-electron chi connectivity index (χ0n) is 12.2. The summed E-state index contributed by atoms with van der Waals surface area (Å²) in [7, 11) is 2.18. The largest absolute Gasteiger partial charge is 0.309 e. The minimum atomic E-state index is -0.362. The number of nitrogens with zero attached hydrogens (tertiary/aromatic N) is 2. The molecule has 1 fully saturated rings. The summed E-state index contributed by atoms with van der Waals surface area (Å²) in [6.07, 6.45) is 3.85. The molecular weight excluding hydrogens is 254 g/mol. The van der Waals surface area contributed by atoms with Gasteiger partial charge in [-0.05, 0) is 38.9 Å². The summed E-state index contributed by atoms with van der Waals surface area (Å²) in [4.78, 5) is 12.7. The monoisotopic (exact) mass is 277 g/mol. The van der Waals surface area contributed by atoms with Crippen LogP contribution in [0.3, 0.4) is 0 Å². The van der Waals surface area contributed by atoms with Crippen LogP contribution in [0.1, 0.15) is 37.8 Å². The molecule has 110 valence electrons. The summed E-state index contributed by atoms with van der Waals surface area (Å²) in [5, 5.41) is 14.2. The van der Waals surface area contributed by atoms with Crippen LogP contribution in [0.25, 0.3) is 0 Å². The molecule has 1 saturated heterocycles. The van der Waals surface area contributed by atoms with Crippen molar-refractivity contribution in [3.8, 4) is 0 Å². The van der Waals surface area contributed by atoms with Gasteiger partial charge in [0.2, 0.25) is 0 Å². The maximum atomic E-state index is 10.6. The fourth-order valence-corrected chi connectivity index (χ4v) is 2.72. The third-order valence-electron chi connectivity index (χ3n) is 4.19. The topological polar surface area (TPSA) is 58.4 Å². The first kappa shape index (κ1) is 14.9. The second-order valence-electron chi connectivity index (χ2n) is 5.61. The number of benzene rings is 1. The van der Waals surface area contributed by atoms with Crippen LogP contribution < -0.4 is 5.32 Å². The minimum Gasteiger partial charge on any atom is -0.309 e. The minimum absolute atomic E-state index is 0.146. The number of hydrogen-bond donors (Lipinski definition) is 1. The zero-order chi connectivity index (χ0) is 14.5. The molecule has 0 saturated carbocycles. The van der Waals surface area contributed by atoms with Gasteiger partial charge in [-0.15, -0.1) is 0 Å². The Labute approximate surface area is 120 Å². The lowest BCUT2D eigenvalue weighted by atomic mass is 10.0. The summed E-state index contributed by atoms with van der Waals surface area (Å²) in [6.45, 7) is 4.25. The normalized spacial score (nSPS) is 21.6. The van der Waals surface area contributed by atoms with E-state index in [4.69, 9.17) is 0 Å². The highest BCUT2D eigenvalue weighted by atomic mass is 16.6. The number of nitro benzene ring substituents is 1. The molecule has 1 heterocycles. The Bertz CT molecular complexity index is 447. The van der Waals surface area contributed by atoms with Gasteiger partial charge in [0.15, 0.2) is 0 Å². The van der Waals surface area contributed by atoms with Crippen LogP contribution in [0.15, 0.2) is 24.3 Å². The van der Waals surface area contributed by atoms with E-state index in [1.165, 1.54) is 25.8 Å². The quantitative estimate of drug-likeness (QED) is 0.664. The number of piperidine rings is 1. The third kappa shape index (κ3) is 3.77. The second-order valence-corrected chi connectivity index (χ2v) is 5.61. The molecule has 2 unspecified atom stereocenters. The first-order chi connectivity index (χ1) is 9.58. The van der Waals surface area contributed by atoms with Crippen molar-refractivity contribution >= 4 is 5.69 Å². The molecule has 5 heteroatoms. The van der Waals surface area contributed by atoms with Gasteiger partial charge in [-0.1, -0.05) is 18.6 Å². The fourth-order valence-electron chi connectivity index (χ4n) is 2.72. The van der Waals surface area contributed by atoms with Crippen molar-refractivity contribution in [2.75, 3.05) is 20.1 Å². The molecule has 1 aliphatic rings. The molecular formula is C15H23N3O2. The van der Waals surface area contributed by atoms with Crippen molar-refractivity contribution in [2.45, 2.75) is 38.3 Å². The Morgan fingerprint density at radius 3 is 2.70 bits per heavy atom. The average molecular weight is 277 g/mol. The Hall–Kier alpha value is -1.46. The molecule has 1 N–H and O–H groups in total. The number of nitro groups is 1. The van der Waals surface area contributed by atoms with Gasteiger partial charge in [-0.25, -0.2) is 0 Å². The average Bonchev–Trinajstić information content (AvgIpc) is 2.46. The summed E-state index contributed by atoms with van der Waals surface area (Å²) < 4.78 is 0. The van der Waals surface area contributed by atoms with Crippen molar-refractivity contribution in [1.82, 2.24) is 10.2 Å². The molecule has 0 radical (unpaired) electrons. The van der Waals surface area contributed by atoms with Crippen LogP contribution >= 0.6 is 0 Å². The highest BCUT2D eigenvalue weighted by Gasteiger charge is 2.19. The molecule has 0 aromatic heterocycles. The van der Waals surface area contributed by atoms with E-state index in [0.29, 0.717) is 6.04 Å². The van der Waals surface area contributed by atoms with Crippen molar-refractivity contribution < 1.29 is 4.92 Å². The highest BCUT2D eigenvalue weighted by molar-refractivity contribution is 5.34. The number of likely N-dealkylation sites (N-methyl/N-ethyl adjacent to an activating group) is 1. The van der Waals surface area contributed by atoms with E-state index < -0.39 is 0 Å². The van der Waals surface area contributed by atoms with Crippen LogP contribution in [0, 0.1) is 10.1 Å². The van der Waals surface area contributed by atoms with E-state index in [-0.39, 0.29) is 16.7 Å². The third-order valence-corrected chi connectivity index (χ3v) is 4.19. The molecule has 5 nitrogen and oxygen atoms in total. The van der Waals surface area contributed by atoms with E-state index in [0.717, 1.165) is 12.1 Å². The van der Waals surface area contributed by atoms with Crippen LogP contribution in [-0.2, 0) is 0 Å². The van der Waals surface area contributed by atoms with Gasteiger partial charge in [0.25, 0.3) is 5.69 Å². The maximum Gasteiger partial charge on any atom is 0.269 e. The zero-order valence-corrected chi connectivity index (χ0v) is 12.2. The van der Waals surface area contributed by atoms with Crippen LogP contribution in [0.2, 0.25) is 0 Å². The highest BCUT2D eigenvalue weighted by Crippen LogP contribution is 2.19. The Morgan fingerprint density at radius 2 is 2.10 bits per heavy atom. The molecule has 1 aromatic rings. The SMILES string of the molecule is CC(NCC1CCCCN1C)c1ccc([N+](=O)[O-])cc1. The Balaban J connectivity index is 1.87. The molecule has 0 amide bonds. The van der Waals surface area contributed by atoms with Gasteiger partial charge < -0.3 is 10.2 Å². The molecule has 0 bridgehead atoms. The number of likely N-dealkylation sites (tertiary alicyclic amines) is 1. The standard InChI is InChI=1S/C15H23N3O2/c1-12(13-6-8-14(9-7-13)18(19)20)16-11-15-5-3-4-10-17(15)2/h6-9,12,15-16H,3-5,10-11H2,1-2H3. The molecule has 2 atom stereocenters. The Kier molecular flexibility index (Phi) is 5.09. The fraction of sp³-hybridized carbons (Fsp3) is 0.600. The van der Waals surface area contributed by atoms with Gasteiger partial charge in [0.05, 0.1) is 4.92 Å². The number of non-ortho nitro benzene ring substituents is 1. The molecule has 20 heavy (non-hydrogen) atoms. The maximum absolute atomic E-state index is 10.6. The van der Waals surface area contributed by atoms with Crippen molar-refractivity contribution in [1.29, 1.82) is 0 Å². The van der Waals surface area contributed by atoms with Crippen LogP contribution in [-0.4, -0.2) is 36.0 Å². The first-order valence-electron chi connectivity index (χ1n) is 7.26. The predicted molar refractivity (Wildman–Crippen MR) is 79.8 cm³/mol. The van der Waals surface area contributed by atoms with Gasteiger partial charge in [0.1, 0.15) is 0 Å². The van der Waals surface area contributed by atoms with Crippen molar-refractivity contribution in [3.05, 3.63) is 39.9 Å². The number of rotatable bonds is 5. The summed E-state index contributed by atoms with van der Waals surface area (Å²) in [6, 6.07) is 7.62. The van der Waals surface area contributed by atoms with Gasteiger partial charge in [0, 0.05) is 30.8 Å². The Morgan fingerprint density at radius 1 is 1.40 bits per heavy atom. The van der Waals surface area contributed by atoms with E-state index in [9.17, 15) is 10.1 Å². The van der Waals surface area contributed by atoms with E-state index >= 15 is 0 Å². The molecule has 0 aliphatic carbocycles. The number of nitrogens with one attached hydrogen (secondary N) is 1. The van der Waals surface area contributed by atoms with Gasteiger partial charge in [-0.2, -0.15) is 0 Å². The lowest BCUT2D eigenvalue weighted by molar-refractivity contribution is -0.384. The first-order valence-corrected chi connectivity index (χ1v) is 7.26. The van der Waals surface area contributed by atoms with Crippen molar-refractivity contribution in [3.63, 3.8) is 0 Å². The van der Waals surface area contributed by atoms with E-state index in [2.05, 4.69) is 24.2 Å². The van der Waals surface area contributed by atoms with E-state index in [1.807, 2.05) is 12.1 Å². The smallest absolute Gasteiger partial charge is 0.269 e. The lowest BCUT2D eigenvalue weighted by Gasteiger charge is -2.33. The molecule has 1 aromatic carbocycles. The summed E-state index contributed by atoms with van der Waals surface area (Å²) >= 11 is 0. The van der Waals surface area contributed by atoms with Gasteiger partial charge in [-0.3, -0.25) is 10.1 Å². The van der Waals surface area contributed by atoms with Gasteiger partial charge >= 0.3 is 0 Å². The van der Waals surface area contributed by atoms with Crippen LogP contribution in [0.4, 0.5) is 5.69 Å². The predicted octanol–water partition coefficient (Wildman–Crippen LogP) is 2.73. The molecule has 0 spiro atoms. The lowest BCUT2D eigenvalue weighted by Crippen LogP contribution is -2.43. The van der Waals surface area contributed by atoms with E-state index in [1.54, 1.807) is 12.1 Å². The van der Waals surface area contributed by atoms with Crippen molar-refractivity contribution in [2.24, 2.45) is 0 Å². The molecule has 2 rings (SSSR count). The summed E-state index contributed by atoms with van der Waals surface area (Å²) in [5.74, 6) is 0. The second kappa shape index (κ2) is 6.81. The van der Waals surface area contributed by atoms with Crippen LogP contribution in [0.5, 0.6) is 0 Å².